The maximum atomic E-state index is 12.2. The van der Waals surface area contributed by atoms with Crippen molar-refractivity contribution in [2.45, 2.75) is 25.9 Å². The quantitative estimate of drug-likeness (QED) is 0.381. The van der Waals surface area contributed by atoms with Crippen molar-refractivity contribution in [1.29, 1.82) is 0 Å². The summed E-state index contributed by atoms with van der Waals surface area (Å²) in [7, 11) is 0. The van der Waals surface area contributed by atoms with Crippen molar-refractivity contribution in [2.24, 2.45) is 0 Å². The summed E-state index contributed by atoms with van der Waals surface area (Å²) in [5.74, 6) is -0.124. The minimum atomic E-state index is -0.934. The minimum absolute atomic E-state index is 0.111. The number of carboxylic acid groups (broad SMARTS) is 1. The first-order valence-electron chi connectivity index (χ1n) is 10.5. The highest BCUT2D eigenvalue weighted by atomic mass is 16.5. The minimum Gasteiger partial charge on any atom is -0.465 e. The maximum absolute atomic E-state index is 12.2. The SMILES string of the molecule is CC(=O)c1cc(N)cc2nc(-c3ccc(NC(=O)COC4CCN(C(=O)O)CC4)cc3)oc12. The van der Waals surface area contributed by atoms with Crippen LogP contribution in [0.3, 0.4) is 0 Å². The number of fused-ring (bicyclic) bond motifs is 1. The third-order valence-electron chi connectivity index (χ3n) is 5.47. The van der Waals surface area contributed by atoms with E-state index >= 15 is 0 Å². The number of nitrogens with two attached hydrogens (primary N) is 1. The number of anilines is 2. The van der Waals surface area contributed by atoms with Gasteiger partial charge in [-0.05, 0) is 56.2 Å². The summed E-state index contributed by atoms with van der Waals surface area (Å²) in [6.07, 6.45) is 0.0589. The molecule has 1 aliphatic rings. The van der Waals surface area contributed by atoms with Crippen LogP contribution in [0.5, 0.6) is 0 Å². The van der Waals surface area contributed by atoms with Crippen molar-refractivity contribution >= 4 is 40.3 Å². The second kappa shape index (κ2) is 9.29. The molecule has 0 radical (unpaired) electrons. The van der Waals surface area contributed by atoms with E-state index in [9.17, 15) is 14.4 Å². The van der Waals surface area contributed by atoms with Gasteiger partial charge < -0.3 is 30.2 Å². The van der Waals surface area contributed by atoms with Crippen LogP contribution in [-0.4, -0.2) is 58.6 Å². The Morgan fingerprint density at radius 1 is 1.21 bits per heavy atom. The molecular weight excluding hydrogens is 428 g/mol. The van der Waals surface area contributed by atoms with Crippen molar-refractivity contribution in [1.82, 2.24) is 9.88 Å². The Balaban J connectivity index is 1.36. The van der Waals surface area contributed by atoms with E-state index < -0.39 is 6.09 Å². The average Bonchev–Trinajstić information content (AvgIpc) is 3.21. The Morgan fingerprint density at radius 3 is 2.55 bits per heavy atom. The number of nitrogens with one attached hydrogen (secondary N) is 1. The Labute approximate surface area is 189 Å². The van der Waals surface area contributed by atoms with Crippen LogP contribution in [0, 0.1) is 0 Å². The number of ether oxygens (including phenoxy) is 1. The van der Waals surface area contributed by atoms with Gasteiger partial charge in [0.05, 0.1) is 11.7 Å². The number of benzene rings is 2. The number of ketones is 1. The van der Waals surface area contributed by atoms with Crippen LogP contribution in [-0.2, 0) is 9.53 Å². The highest BCUT2D eigenvalue weighted by Gasteiger charge is 2.23. The van der Waals surface area contributed by atoms with E-state index in [1.54, 1.807) is 36.4 Å². The lowest BCUT2D eigenvalue weighted by Crippen LogP contribution is -2.40. The van der Waals surface area contributed by atoms with E-state index in [4.69, 9.17) is 20.0 Å². The normalized spacial score (nSPS) is 14.4. The maximum Gasteiger partial charge on any atom is 0.407 e. The molecule has 10 nitrogen and oxygen atoms in total. The van der Waals surface area contributed by atoms with Gasteiger partial charge in [0.25, 0.3) is 0 Å². The van der Waals surface area contributed by atoms with Crippen LogP contribution >= 0.6 is 0 Å². The predicted octanol–water partition coefficient (Wildman–Crippen LogP) is 3.38. The molecule has 1 saturated heterocycles. The number of carbonyl (C=O) groups is 3. The molecule has 1 aromatic heterocycles. The van der Waals surface area contributed by atoms with Crippen LogP contribution in [0.2, 0.25) is 0 Å². The number of aromatic nitrogens is 1. The van der Waals surface area contributed by atoms with Crippen molar-refractivity contribution < 1.29 is 28.6 Å². The number of likely N-dealkylation sites (tertiary alicyclic amines) is 1. The Bertz CT molecular complexity index is 1200. The topological polar surface area (TPSA) is 148 Å². The molecule has 4 N–H and O–H groups in total. The first-order valence-corrected chi connectivity index (χ1v) is 10.5. The van der Waals surface area contributed by atoms with Gasteiger partial charge in [-0.2, -0.15) is 0 Å². The molecule has 0 bridgehead atoms. The van der Waals surface area contributed by atoms with Crippen LogP contribution in [0.15, 0.2) is 40.8 Å². The molecule has 10 heteroatoms. The molecule has 0 spiro atoms. The van der Waals surface area contributed by atoms with Gasteiger partial charge in [-0.15, -0.1) is 0 Å². The van der Waals surface area contributed by atoms with Crippen LogP contribution in [0.4, 0.5) is 16.2 Å². The number of amides is 2. The second-order valence-electron chi connectivity index (χ2n) is 7.90. The second-order valence-corrected chi connectivity index (χ2v) is 7.90. The van der Waals surface area contributed by atoms with E-state index in [0.717, 1.165) is 0 Å². The fraction of sp³-hybridized carbons (Fsp3) is 0.304. The lowest BCUT2D eigenvalue weighted by molar-refractivity contribution is -0.123. The number of nitrogen functional groups attached to an aromatic ring is 1. The molecule has 172 valence electrons. The fourth-order valence-corrected chi connectivity index (χ4v) is 3.74. The molecule has 4 rings (SSSR count). The molecule has 3 aromatic rings. The molecule has 0 saturated carbocycles. The van der Waals surface area contributed by atoms with Crippen LogP contribution < -0.4 is 11.1 Å². The first kappa shape index (κ1) is 22.3. The van der Waals surface area contributed by atoms with E-state index in [-0.39, 0.29) is 24.4 Å². The highest BCUT2D eigenvalue weighted by Crippen LogP contribution is 2.29. The molecule has 1 aliphatic heterocycles. The largest absolute Gasteiger partial charge is 0.465 e. The van der Waals surface area contributed by atoms with Crippen LogP contribution in [0.1, 0.15) is 30.1 Å². The lowest BCUT2D eigenvalue weighted by atomic mass is 10.1. The zero-order valence-electron chi connectivity index (χ0n) is 18.0. The van der Waals surface area contributed by atoms with E-state index in [0.29, 0.717) is 65.4 Å². The van der Waals surface area contributed by atoms with Gasteiger partial charge in [-0.3, -0.25) is 9.59 Å². The number of piperidine rings is 1. The van der Waals surface area contributed by atoms with Gasteiger partial charge in [-0.1, -0.05) is 0 Å². The molecule has 2 amide bonds. The summed E-state index contributed by atoms with van der Waals surface area (Å²) in [6, 6.07) is 10.1. The third-order valence-corrected chi connectivity index (χ3v) is 5.47. The van der Waals surface area contributed by atoms with Crippen molar-refractivity contribution in [3.63, 3.8) is 0 Å². The van der Waals surface area contributed by atoms with Crippen molar-refractivity contribution in [2.75, 3.05) is 30.7 Å². The summed E-state index contributed by atoms with van der Waals surface area (Å²) in [6.45, 7) is 2.13. The molecular formula is C23H24N4O6. The molecule has 2 heterocycles. The van der Waals surface area contributed by atoms with Gasteiger partial charge >= 0.3 is 6.09 Å². The van der Waals surface area contributed by atoms with Crippen molar-refractivity contribution in [3.8, 4) is 11.5 Å². The monoisotopic (exact) mass is 452 g/mol. The highest BCUT2D eigenvalue weighted by molar-refractivity contribution is 6.05. The van der Waals surface area contributed by atoms with Crippen molar-refractivity contribution in [3.05, 3.63) is 42.0 Å². The summed E-state index contributed by atoms with van der Waals surface area (Å²) < 4.78 is 11.4. The van der Waals surface area contributed by atoms with E-state index in [1.165, 1.54) is 11.8 Å². The van der Waals surface area contributed by atoms with Gasteiger partial charge in [0.15, 0.2) is 11.4 Å². The Kier molecular flexibility index (Phi) is 6.27. The smallest absolute Gasteiger partial charge is 0.407 e. The zero-order chi connectivity index (χ0) is 23.5. The van der Waals surface area contributed by atoms with E-state index in [1.807, 2.05) is 0 Å². The average molecular weight is 452 g/mol. The lowest BCUT2D eigenvalue weighted by Gasteiger charge is -2.29. The van der Waals surface area contributed by atoms with Gasteiger partial charge in [0.2, 0.25) is 11.8 Å². The zero-order valence-corrected chi connectivity index (χ0v) is 18.0. The first-order chi connectivity index (χ1) is 15.8. The fourth-order valence-electron chi connectivity index (χ4n) is 3.74. The molecule has 0 unspecified atom stereocenters. The number of carbonyl (C=O) groups excluding carboxylic acids is 2. The number of hydrogen-bond acceptors (Lipinski definition) is 7. The number of nitrogens with zero attached hydrogens (tertiary/aromatic N) is 2. The Hall–Kier alpha value is -3.92. The summed E-state index contributed by atoms with van der Waals surface area (Å²) >= 11 is 0. The molecule has 33 heavy (non-hydrogen) atoms. The summed E-state index contributed by atoms with van der Waals surface area (Å²) in [5.41, 5.74) is 8.81. The summed E-state index contributed by atoms with van der Waals surface area (Å²) in [4.78, 5) is 40.8. The standard InChI is InChI=1S/C23H24N4O6/c1-13(28)18-10-15(24)11-19-21(18)33-22(26-19)14-2-4-16(5-3-14)25-20(29)12-32-17-6-8-27(9-7-17)23(30)31/h2-5,10-11,17H,6-9,12,24H2,1H3,(H,25,29)(H,30,31). The predicted molar refractivity (Wildman–Crippen MR) is 121 cm³/mol. The van der Waals surface area contributed by atoms with E-state index in [2.05, 4.69) is 10.3 Å². The van der Waals surface area contributed by atoms with Gasteiger partial charge in [0.1, 0.15) is 12.1 Å². The molecule has 1 fully saturated rings. The van der Waals surface area contributed by atoms with Gasteiger partial charge in [0, 0.05) is 30.0 Å². The number of oxazole rings is 1. The van der Waals surface area contributed by atoms with Crippen LogP contribution in [0.25, 0.3) is 22.6 Å². The Morgan fingerprint density at radius 2 is 1.91 bits per heavy atom. The number of rotatable bonds is 6. The third kappa shape index (κ3) is 5.12. The molecule has 2 aromatic carbocycles. The molecule has 0 aliphatic carbocycles. The molecule has 0 atom stereocenters. The summed E-state index contributed by atoms with van der Waals surface area (Å²) in [5, 5.41) is 11.7. The number of hydrogen-bond donors (Lipinski definition) is 3. The number of Topliss-reactive ketones (excluding diaryl/α,β-unsaturated/α-hetero) is 1. The van der Waals surface area contributed by atoms with Gasteiger partial charge in [-0.25, -0.2) is 9.78 Å².